The van der Waals surface area contributed by atoms with Gasteiger partial charge in [0.2, 0.25) is 0 Å². The lowest BCUT2D eigenvalue weighted by Crippen LogP contribution is -2.00. The number of benzene rings is 7. The summed E-state index contributed by atoms with van der Waals surface area (Å²) in [4.78, 5) is 15.3. The molecule has 3 heterocycles. The van der Waals surface area contributed by atoms with E-state index in [1.165, 1.54) is 36.5 Å². The van der Waals surface area contributed by atoms with Crippen LogP contribution >= 0.6 is 11.3 Å². The molecule has 10 rings (SSSR count). The first kappa shape index (κ1) is 27.0. The highest BCUT2D eigenvalue weighted by molar-refractivity contribution is 7.26. The molecule has 0 radical (unpaired) electrons. The van der Waals surface area contributed by atoms with E-state index in [9.17, 15) is 0 Å². The highest BCUT2D eigenvalue weighted by Crippen LogP contribution is 2.46. The zero-order chi connectivity index (χ0) is 31.6. The summed E-state index contributed by atoms with van der Waals surface area (Å²) in [7, 11) is 0. The van der Waals surface area contributed by atoms with Gasteiger partial charge in [-0.15, -0.1) is 11.3 Å². The predicted molar refractivity (Wildman–Crippen MR) is 199 cm³/mol. The van der Waals surface area contributed by atoms with Crippen molar-refractivity contribution in [1.82, 2.24) is 15.0 Å². The number of para-hydroxylation sites is 1. The van der Waals surface area contributed by atoms with Gasteiger partial charge in [0.05, 0.1) is 5.56 Å². The van der Waals surface area contributed by atoms with E-state index in [-0.39, 0.29) is 0 Å². The van der Waals surface area contributed by atoms with E-state index in [1.807, 2.05) is 42.5 Å². The minimum Gasteiger partial charge on any atom is -0.455 e. The molecule has 0 aliphatic carbocycles. The molecule has 0 saturated carbocycles. The summed E-state index contributed by atoms with van der Waals surface area (Å²) in [5.41, 5.74) is 6.65. The minimum atomic E-state index is 0.582. The van der Waals surface area contributed by atoms with E-state index < -0.39 is 0 Å². The van der Waals surface area contributed by atoms with Gasteiger partial charge < -0.3 is 4.42 Å². The van der Waals surface area contributed by atoms with Gasteiger partial charge in [0.15, 0.2) is 17.5 Å². The Bertz CT molecular complexity index is 2830. The maximum absolute atomic E-state index is 6.63. The smallest absolute Gasteiger partial charge is 0.167 e. The van der Waals surface area contributed by atoms with E-state index in [2.05, 4.69) is 109 Å². The normalized spacial score (nSPS) is 11.8. The Labute approximate surface area is 279 Å². The predicted octanol–water partition coefficient (Wildman–Crippen LogP) is 12.0. The largest absolute Gasteiger partial charge is 0.455 e. The molecule has 7 aromatic carbocycles. The second-order valence-electron chi connectivity index (χ2n) is 12.0. The fourth-order valence-corrected chi connectivity index (χ4v) is 7.99. The molecule has 0 atom stereocenters. The summed E-state index contributed by atoms with van der Waals surface area (Å²) in [6, 6.07) is 52.7. The van der Waals surface area contributed by atoms with Crippen molar-refractivity contribution in [2.75, 3.05) is 0 Å². The molecule has 0 aliphatic rings. The van der Waals surface area contributed by atoms with E-state index in [1.54, 1.807) is 11.3 Å². The Morgan fingerprint density at radius 3 is 1.90 bits per heavy atom. The third kappa shape index (κ3) is 4.33. The zero-order valence-corrected chi connectivity index (χ0v) is 26.4. The van der Waals surface area contributed by atoms with Crippen LogP contribution in [0.5, 0.6) is 0 Å². The Balaban J connectivity index is 1.19. The molecule has 0 N–H and O–H groups in total. The van der Waals surface area contributed by atoms with Gasteiger partial charge in [-0.2, -0.15) is 0 Å². The second kappa shape index (κ2) is 10.7. The van der Waals surface area contributed by atoms with Crippen molar-refractivity contribution >= 4 is 64.2 Å². The summed E-state index contributed by atoms with van der Waals surface area (Å²) in [5.74, 6) is 1.82. The molecule has 0 aliphatic heterocycles. The lowest BCUT2D eigenvalue weighted by atomic mass is 10.00. The van der Waals surface area contributed by atoms with Crippen LogP contribution in [-0.4, -0.2) is 15.0 Å². The van der Waals surface area contributed by atoms with Gasteiger partial charge in [-0.05, 0) is 46.2 Å². The number of hydrogen-bond donors (Lipinski definition) is 0. The number of rotatable bonds is 4. The number of furan rings is 1. The molecular formula is C43H25N3OS. The first-order valence-corrected chi connectivity index (χ1v) is 16.8. The summed E-state index contributed by atoms with van der Waals surface area (Å²) in [6.45, 7) is 0. The van der Waals surface area contributed by atoms with Gasteiger partial charge in [0.25, 0.3) is 0 Å². The Hall–Kier alpha value is -6.17. The van der Waals surface area contributed by atoms with Crippen LogP contribution in [0.2, 0.25) is 0 Å². The maximum atomic E-state index is 6.63. The lowest BCUT2D eigenvalue weighted by Gasteiger charge is -2.10. The van der Waals surface area contributed by atoms with Crippen molar-refractivity contribution in [2.45, 2.75) is 0 Å². The van der Waals surface area contributed by atoms with Crippen molar-refractivity contribution < 1.29 is 4.42 Å². The van der Waals surface area contributed by atoms with Crippen LogP contribution in [-0.2, 0) is 0 Å². The van der Waals surface area contributed by atoms with Gasteiger partial charge in [-0.25, -0.2) is 15.0 Å². The molecule has 10 aromatic rings. The number of hydrogen-bond acceptors (Lipinski definition) is 5. The molecule has 3 aromatic heterocycles. The molecule has 0 unspecified atom stereocenters. The number of fused-ring (bicyclic) bond motifs is 8. The van der Waals surface area contributed by atoms with Crippen molar-refractivity contribution in [3.63, 3.8) is 0 Å². The highest BCUT2D eigenvalue weighted by Gasteiger charge is 2.22. The Morgan fingerprint density at radius 1 is 0.438 bits per heavy atom. The molecule has 224 valence electrons. The third-order valence-electron chi connectivity index (χ3n) is 9.12. The first-order valence-electron chi connectivity index (χ1n) is 15.9. The van der Waals surface area contributed by atoms with Crippen LogP contribution in [0.4, 0.5) is 0 Å². The number of thiophene rings is 1. The van der Waals surface area contributed by atoms with Crippen LogP contribution in [0.15, 0.2) is 156 Å². The monoisotopic (exact) mass is 631 g/mol. The number of nitrogens with zero attached hydrogens (tertiary/aromatic N) is 3. The van der Waals surface area contributed by atoms with Crippen LogP contribution in [0.25, 0.3) is 98.2 Å². The molecule has 5 heteroatoms. The summed E-state index contributed by atoms with van der Waals surface area (Å²) in [5, 5.41) is 7.03. The highest BCUT2D eigenvalue weighted by atomic mass is 32.1. The van der Waals surface area contributed by atoms with Gasteiger partial charge in [0.1, 0.15) is 11.2 Å². The average molecular weight is 632 g/mol. The van der Waals surface area contributed by atoms with Crippen LogP contribution in [0, 0.1) is 0 Å². The molecule has 0 fully saturated rings. The minimum absolute atomic E-state index is 0.582. The average Bonchev–Trinajstić information content (AvgIpc) is 3.73. The molecule has 48 heavy (non-hydrogen) atoms. The van der Waals surface area contributed by atoms with Crippen molar-refractivity contribution in [3.05, 3.63) is 152 Å². The molecule has 0 bridgehead atoms. The fraction of sp³-hybridized carbons (Fsp3) is 0. The van der Waals surface area contributed by atoms with Gasteiger partial charge >= 0.3 is 0 Å². The molecule has 4 nitrogen and oxygen atoms in total. The lowest BCUT2D eigenvalue weighted by molar-refractivity contribution is 0.670. The summed E-state index contributed by atoms with van der Waals surface area (Å²) in [6.07, 6.45) is 0. The standard InChI is InChI=1S/C43H25N3OS/c1-2-11-28(12-3-1)41-44-42(29-21-18-27(19-22-29)31-23-20-26-10-4-5-13-30(26)24-31)46-43(45-41)35-25-34-32-14-7-9-17-37(32)48-40(34)38-33-15-6-8-16-36(33)47-39(35)38/h1-25H. The van der Waals surface area contributed by atoms with Gasteiger partial charge in [0, 0.05) is 42.1 Å². The SMILES string of the molecule is c1ccc(-c2nc(-c3ccc(-c4ccc5ccccc5c4)cc3)nc(-c3cc4c5ccccc5sc4c4c3oc3ccccc34)n2)cc1. The van der Waals surface area contributed by atoms with Crippen molar-refractivity contribution in [3.8, 4) is 45.3 Å². The molecule has 0 spiro atoms. The maximum Gasteiger partial charge on any atom is 0.167 e. The van der Waals surface area contributed by atoms with Crippen molar-refractivity contribution in [1.29, 1.82) is 0 Å². The van der Waals surface area contributed by atoms with Crippen LogP contribution in [0.3, 0.4) is 0 Å². The van der Waals surface area contributed by atoms with E-state index in [0.717, 1.165) is 44.2 Å². The number of aromatic nitrogens is 3. The van der Waals surface area contributed by atoms with E-state index in [4.69, 9.17) is 19.4 Å². The second-order valence-corrected chi connectivity index (χ2v) is 13.1. The van der Waals surface area contributed by atoms with Crippen LogP contribution in [0.1, 0.15) is 0 Å². The van der Waals surface area contributed by atoms with E-state index >= 15 is 0 Å². The molecule has 0 amide bonds. The summed E-state index contributed by atoms with van der Waals surface area (Å²) >= 11 is 1.80. The fourth-order valence-electron chi connectivity index (χ4n) is 6.75. The van der Waals surface area contributed by atoms with Gasteiger partial charge in [-0.3, -0.25) is 0 Å². The summed E-state index contributed by atoms with van der Waals surface area (Å²) < 4.78 is 9.08. The molecule has 0 saturated heterocycles. The van der Waals surface area contributed by atoms with Gasteiger partial charge in [-0.1, -0.05) is 127 Å². The zero-order valence-electron chi connectivity index (χ0n) is 25.6. The third-order valence-corrected chi connectivity index (χ3v) is 10.3. The first-order chi connectivity index (χ1) is 23.8. The van der Waals surface area contributed by atoms with Crippen molar-refractivity contribution in [2.24, 2.45) is 0 Å². The molecular weight excluding hydrogens is 607 g/mol. The Kier molecular flexibility index (Phi) is 6.01. The topological polar surface area (TPSA) is 51.8 Å². The van der Waals surface area contributed by atoms with E-state index in [0.29, 0.717) is 17.5 Å². The van der Waals surface area contributed by atoms with Crippen LogP contribution < -0.4 is 0 Å². The Morgan fingerprint density at radius 2 is 1.06 bits per heavy atom. The quantitative estimate of drug-likeness (QED) is 0.194.